The molecule has 1 aromatic carbocycles. The molecule has 3 rings (SSSR count). The minimum Gasteiger partial charge on any atom is -0.495 e. The normalized spacial score (nSPS) is 12.0. The molecule has 0 atom stereocenters. The number of aliphatic imine (C=N–C) groups is 1. The van der Waals surface area contributed by atoms with E-state index >= 15 is 0 Å². The van der Waals surface area contributed by atoms with Gasteiger partial charge in [0.05, 0.1) is 32.1 Å². The van der Waals surface area contributed by atoms with Crippen molar-refractivity contribution in [3.63, 3.8) is 0 Å². The van der Waals surface area contributed by atoms with E-state index in [1.807, 2.05) is 18.2 Å². The van der Waals surface area contributed by atoms with Crippen LogP contribution in [0, 0.1) is 0 Å². The third-order valence-corrected chi connectivity index (χ3v) is 4.51. The Bertz CT molecular complexity index is 1100. The molecule has 3 aromatic rings. The van der Waals surface area contributed by atoms with E-state index in [1.54, 1.807) is 38.8 Å². The van der Waals surface area contributed by atoms with Gasteiger partial charge in [-0.15, -0.1) is 0 Å². The van der Waals surface area contributed by atoms with Crippen LogP contribution in [0.4, 0.5) is 17.5 Å². The van der Waals surface area contributed by atoms with Crippen molar-refractivity contribution in [1.82, 2.24) is 15.0 Å². The van der Waals surface area contributed by atoms with Crippen molar-refractivity contribution in [2.75, 3.05) is 38.0 Å². The number of aliphatic hydroxyl groups is 2. The zero-order valence-corrected chi connectivity index (χ0v) is 17.3. The van der Waals surface area contributed by atoms with Crippen LogP contribution in [0.15, 0.2) is 47.9 Å². The Labute approximate surface area is 179 Å². The fourth-order valence-corrected chi connectivity index (χ4v) is 2.91. The Morgan fingerprint density at radius 1 is 1.26 bits per heavy atom. The predicted molar refractivity (Wildman–Crippen MR) is 122 cm³/mol. The molecule has 0 aliphatic rings. The first-order chi connectivity index (χ1) is 15.1. The average Bonchev–Trinajstić information content (AvgIpc) is 2.81. The molecule has 0 unspecified atom stereocenters. The lowest BCUT2D eigenvalue weighted by atomic mass is 10.1. The fourth-order valence-electron chi connectivity index (χ4n) is 2.91. The second-order valence-electron chi connectivity index (χ2n) is 6.55. The van der Waals surface area contributed by atoms with Crippen LogP contribution in [0.1, 0.15) is 5.56 Å². The molecule has 10 heteroatoms. The highest BCUT2D eigenvalue weighted by Gasteiger charge is 2.13. The number of nitrogens with one attached hydrogen (secondary N) is 2. The number of hydrogen-bond donors (Lipinski definition) is 5. The first kappa shape index (κ1) is 21.9. The second-order valence-corrected chi connectivity index (χ2v) is 6.55. The lowest BCUT2D eigenvalue weighted by Gasteiger charge is -2.16. The minimum atomic E-state index is -0.548. The van der Waals surface area contributed by atoms with Gasteiger partial charge in [-0.05, 0) is 23.8 Å². The molecule has 0 spiro atoms. The SMILES string of the molecule is CN=CC(=CN)c1ccc(Nc2ncc3ccnc(NC(CO)CO)c3n2)c(OC)c1. The molecule has 0 fully saturated rings. The number of benzene rings is 1. The first-order valence-electron chi connectivity index (χ1n) is 9.53. The van der Waals surface area contributed by atoms with Gasteiger partial charge in [0.1, 0.15) is 11.3 Å². The van der Waals surface area contributed by atoms with E-state index in [9.17, 15) is 10.2 Å². The van der Waals surface area contributed by atoms with Crippen LogP contribution in [0.2, 0.25) is 0 Å². The standard InChI is InChI=1S/C21H25N7O3/c1-23-9-15(8-22)13-3-4-17(18(7-13)31-2)27-21-25-10-14-5-6-24-20(19(14)28-21)26-16(11-29)12-30/h3-10,16,29-30H,11-12,22H2,1-2H3,(H,24,26)(H,25,27,28). The summed E-state index contributed by atoms with van der Waals surface area (Å²) in [5.41, 5.74) is 8.52. The van der Waals surface area contributed by atoms with Crippen molar-refractivity contribution in [2.45, 2.75) is 6.04 Å². The number of nitrogens with two attached hydrogens (primary N) is 1. The van der Waals surface area contributed by atoms with Crippen LogP contribution in [0.5, 0.6) is 5.75 Å². The summed E-state index contributed by atoms with van der Waals surface area (Å²) in [4.78, 5) is 17.2. The molecule has 0 saturated carbocycles. The van der Waals surface area contributed by atoms with Gasteiger partial charge < -0.3 is 31.3 Å². The van der Waals surface area contributed by atoms with Crippen molar-refractivity contribution >= 4 is 40.1 Å². The van der Waals surface area contributed by atoms with Gasteiger partial charge in [-0.25, -0.2) is 15.0 Å². The number of aliphatic hydroxyl groups excluding tert-OH is 2. The van der Waals surface area contributed by atoms with E-state index < -0.39 is 6.04 Å². The molecule has 2 aromatic heterocycles. The van der Waals surface area contributed by atoms with E-state index in [1.165, 1.54) is 6.20 Å². The van der Waals surface area contributed by atoms with Crippen LogP contribution in [-0.4, -0.2) is 64.8 Å². The number of nitrogens with zero attached hydrogens (tertiary/aromatic N) is 4. The molecule has 6 N–H and O–H groups in total. The van der Waals surface area contributed by atoms with Crippen LogP contribution in [0.25, 0.3) is 16.5 Å². The van der Waals surface area contributed by atoms with Crippen molar-refractivity contribution < 1.29 is 14.9 Å². The Hall–Kier alpha value is -3.76. The molecule has 31 heavy (non-hydrogen) atoms. The molecule has 162 valence electrons. The van der Waals surface area contributed by atoms with E-state index in [-0.39, 0.29) is 13.2 Å². The molecular formula is C21H25N7O3. The number of fused-ring (bicyclic) bond motifs is 1. The summed E-state index contributed by atoms with van der Waals surface area (Å²) in [7, 11) is 3.25. The smallest absolute Gasteiger partial charge is 0.227 e. The summed E-state index contributed by atoms with van der Waals surface area (Å²) in [6.45, 7) is -0.480. The van der Waals surface area contributed by atoms with E-state index in [0.717, 1.165) is 16.5 Å². The van der Waals surface area contributed by atoms with Gasteiger partial charge in [-0.2, -0.15) is 0 Å². The number of anilines is 3. The fraction of sp³-hybridized carbons (Fsp3) is 0.238. The molecule has 0 saturated heterocycles. The largest absolute Gasteiger partial charge is 0.495 e. The highest BCUT2D eigenvalue weighted by atomic mass is 16.5. The van der Waals surface area contributed by atoms with Crippen molar-refractivity contribution in [1.29, 1.82) is 0 Å². The maximum Gasteiger partial charge on any atom is 0.227 e. The predicted octanol–water partition coefficient (Wildman–Crippen LogP) is 1.54. The van der Waals surface area contributed by atoms with Crippen LogP contribution in [0.3, 0.4) is 0 Å². The van der Waals surface area contributed by atoms with Gasteiger partial charge in [-0.1, -0.05) is 6.07 Å². The Balaban J connectivity index is 1.94. The molecule has 0 bridgehead atoms. The molecule has 0 aliphatic heterocycles. The summed E-state index contributed by atoms with van der Waals surface area (Å²) in [6.07, 6.45) is 6.42. The van der Waals surface area contributed by atoms with Gasteiger partial charge >= 0.3 is 0 Å². The average molecular weight is 423 g/mol. The highest BCUT2D eigenvalue weighted by Crippen LogP contribution is 2.30. The van der Waals surface area contributed by atoms with E-state index in [0.29, 0.717) is 28.7 Å². The first-order valence-corrected chi connectivity index (χ1v) is 9.53. The third kappa shape index (κ3) is 5.05. The summed E-state index contributed by atoms with van der Waals surface area (Å²) in [5, 5.41) is 25.6. The molecule has 0 aliphatic carbocycles. The molecule has 10 nitrogen and oxygen atoms in total. The van der Waals surface area contributed by atoms with Gasteiger partial charge in [0.15, 0.2) is 5.82 Å². The zero-order valence-electron chi connectivity index (χ0n) is 17.3. The number of allylic oxidation sites excluding steroid dienone is 1. The van der Waals surface area contributed by atoms with Gasteiger partial charge in [0.25, 0.3) is 0 Å². The van der Waals surface area contributed by atoms with E-state index in [4.69, 9.17) is 10.5 Å². The van der Waals surface area contributed by atoms with Crippen LogP contribution >= 0.6 is 0 Å². The molecular weight excluding hydrogens is 398 g/mol. The number of hydrogen-bond acceptors (Lipinski definition) is 10. The molecule has 0 radical (unpaired) electrons. The Morgan fingerprint density at radius 2 is 2.06 bits per heavy atom. The van der Waals surface area contributed by atoms with Gasteiger partial charge in [0, 0.05) is 42.8 Å². The monoisotopic (exact) mass is 423 g/mol. The summed E-state index contributed by atoms with van der Waals surface area (Å²) in [5.74, 6) is 1.36. The zero-order chi connectivity index (χ0) is 22.2. The topological polar surface area (TPSA) is 151 Å². The van der Waals surface area contributed by atoms with Crippen molar-refractivity contribution in [2.24, 2.45) is 10.7 Å². The lowest BCUT2D eigenvalue weighted by Crippen LogP contribution is -2.28. The number of aromatic nitrogens is 3. The number of ether oxygens (including phenoxy) is 1. The maximum absolute atomic E-state index is 9.35. The maximum atomic E-state index is 9.35. The number of rotatable bonds is 9. The second kappa shape index (κ2) is 10.3. The summed E-state index contributed by atoms with van der Waals surface area (Å²) >= 11 is 0. The Morgan fingerprint density at radius 3 is 2.74 bits per heavy atom. The quantitative estimate of drug-likeness (QED) is 0.323. The van der Waals surface area contributed by atoms with Crippen molar-refractivity contribution in [3.05, 3.63) is 48.4 Å². The van der Waals surface area contributed by atoms with Crippen LogP contribution < -0.4 is 21.1 Å². The van der Waals surface area contributed by atoms with Gasteiger partial charge in [0.2, 0.25) is 5.95 Å². The van der Waals surface area contributed by atoms with E-state index in [2.05, 4.69) is 30.6 Å². The summed E-state index contributed by atoms with van der Waals surface area (Å²) < 4.78 is 5.51. The minimum absolute atomic E-state index is 0.240. The van der Waals surface area contributed by atoms with Gasteiger partial charge in [-0.3, -0.25) is 4.99 Å². The Kier molecular flexibility index (Phi) is 7.31. The number of methoxy groups -OCH3 is 1. The molecule has 0 amide bonds. The van der Waals surface area contributed by atoms with Crippen LogP contribution in [-0.2, 0) is 0 Å². The van der Waals surface area contributed by atoms with Crippen molar-refractivity contribution in [3.8, 4) is 5.75 Å². The highest BCUT2D eigenvalue weighted by molar-refractivity contribution is 6.09. The third-order valence-electron chi connectivity index (χ3n) is 4.51. The summed E-state index contributed by atoms with van der Waals surface area (Å²) in [6, 6.07) is 6.79. The number of pyridine rings is 1. The lowest BCUT2D eigenvalue weighted by molar-refractivity contribution is 0.203. The molecule has 2 heterocycles.